The van der Waals surface area contributed by atoms with Crippen LogP contribution in [0.5, 0.6) is 0 Å². The van der Waals surface area contributed by atoms with Crippen LogP contribution >= 0.6 is 7.82 Å². The maximum Gasteiger partial charge on any atom is 0.478 e. The summed E-state index contributed by atoms with van der Waals surface area (Å²) < 4.78 is 45.1. The van der Waals surface area contributed by atoms with Crippen molar-refractivity contribution >= 4 is 25.9 Å². The smallest absolute Gasteiger partial charge is 0.461 e. The van der Waals surface area contributed by atoms with Crippen LogP contribution in [0.2, 0.25) is 0 Å². The summed E-state index contributed by atoms with van der Waals surface area (Å²) in [6.07, 6.45) is -0.725. The standard InChI is InChI=1S/C27H44NO10P/c1-25(2,3)36-23(30)18-28(17-13-16-22(29)33-19-21-14-11-10-12-15-21)24(31)34-20-35-39(32,37-26(4,5)6)38-27(7,8)9/h10-12,14-15H,13,16-20H2,1-9H3. The molecule has 0 aliphatic rings. The van der Waals surface area contributed by atoms with Crippen molar-refractivity contribution in [3.63, 3.8) is 0 Å². The molecule has 0 unspecified atom stereocenters. The Hall–Kier alpha value is -2.46. The zero-order valence-corrected chi connectivity index (χ0v) is 25.5. The Labute approximate surface area is 232 Å². The molecule has 0 N–H and O–H groups in total. The van der Waals surface area contributed by atoms with E-state index in [-0.39, 0.29) is 26.0 Å². The SMILES string of the molecule is CC(C)(C)OC(=O)CN(CCCC(=O)OCc1ccccc1)C(=O)OCOP(=O)(OC(C)(C)C)OC(C)(C)C. The van der Waals surface area contributed by atoms with E-state index in [0.717, 1.165) is 10.5 Å². The summed E-state index contributed by atoms with van der Waals surface area (Å²) in [5.74, 6) is -1.11. The first kappa shape index (κ1) is 34.6. The first-order valence-electron chi connectivity index (χ1n) is 12.8. The Morgan fingerprint density at radius 2 is 1.36 bits per heavy atom. The molecule has 0 aliphatic carbocycles. The minimum atomic E-state index is -4.12. The number of nitrogens with zero attached hydrogens (tertiary/aromatic N) is 1. The molecule has 1 aromatic carbocycles. The number of rotatable bonds is 13. The Bertz CT molecular complexity index is 957. The average Bonchev–Trinajstić information content (AvgIpc) is 2.73. The predicted octanol–water partition coefficient (Wildman–Crippen LogP) is 6.00. The molecule has 0 saturated carbocycles. The van der Waals surface area contributed by atoms with Gasteiger partial charge in [0.25, 0.3) is 0 Å². The second-order valence-electron chi connectivity index (χ2n) is 11.8. The third-order valence-corrected chi connectivity index (χ3v) is 6.18. The third kappa shape index (κ3) is 17.0. The second kappa shape index (κ2) is 14.8. The van der Waals surface area contributed by atoms with Crippen LogP contribution in [0.1, 0.15) is 80.7 Å². The number of amides is 1. The number of esters is 2. The molecule has 1 amide bonds. The number of phosphoric ester groups is 1. The van der Waals surface area contributed by atoms with Crippen LogP contribution in [0.4, 0.5) is 4.79 Å². The zero-order chi connectivity index (χ0) is 29.9. The molecule has 0 bridgehead atoms. The van der Waals surface area contributed by atoms with E-state index in [1.54, 1.807) is 62.3 Å². The van der Waals surface area contributed by atoms with Gasteiger partial charge in [-0.25, -0.2) is 13.9 Å². The normalized spacial score (nSPS) is 12.5. The first-order chi connectivity index (χ1) is 17.8. The molecule has 0 aliphatic heterocycles. The van der Waals surface area contributed by atoms with Crippen LogP contribution in [0.25, 0.3) is 0 Å². The molecule has 11 nitrogen and oxygen atoms in total. The van der Waals surface area contributed by atoms with Crippen LogP contribution in [0, 0.1) is 0 Å². The lowest BCUT2D eigenvalue weighted by atomic mass is 10.2. The third-order valence-electron chi connectivity index (χ3n) is 4.21. The molecule has 222 valence electrons. The van der Waals surface area contributed by atoms with Crippen molar-refractivity contribution in [2.24, 2.45) is 0 Å². The van der Waals surface area contributed by atoms with Crippen molar-refractivity contribution in [1.82, 2.24) is 4.90 Å². The predicted molar refractivity (Wildman–Crippen MR) is 145 cm³/mol. The highest BCUT2D eigenvalue weighted by Crippen LogP contribution is 2.55. The van der Waals surface area contributed by atoms with Gasteiger partial charge in [0.2, 0.25) is 6.79 Å². The molecular weight excluding hydrogens is 529 g/mol. The van der Waals surface area contributed by atoms with E-state index >= 15 is 0 Å². The van der Waals surface area contributed by atoms with Crippen molar-refractivity contribution in [3.05, 3.63) is 35.9 Å². The Kier molecular flexibility index (Phi) is 13.1. The number of ether oxygens (including phenoxy) is 3. The van der Waals surface area contributed by atoms with Crippen molar-refractivity contribution in [2.45, 2.75) is 98.6 Å². The molecule has 0 saturated heterocycles. The molecule has 0 aromatic heterocycles. The molecule has 1 aromatic rings. The highest BCUT2D eigenvalue weighted by atomic mass is 31.2. The number of phosphoric acid groups is 1. The van der Waals surface area contributed by atoms with Gasteiger partial charge in [-0.1, -0.05) is 30.3 Å². The van der Waals surface area contributed by atoms with Gasteiger partial charge in [-0.2, -0.15) is 0 Å². The first-order valence-corrected chi connectivity index (χ1v) is 14.2. The highest BCUT2D eigenvalue weighted by molar-refractivity contribution is 7.48. The Balaban J connectivity index is 2.77. The van der Waals surface area contributed by atoms with Gasteiger partial charge in [0.15, 0.2) is 0 Å². The number of hydrogen-bond acceptors (Lipinski definition) is 10. The highest BCUT2D eigenvalue weighted by Gasteiger charge is 2.37. The molecule has 12 heteroatoms. The van der Waals surface area contributed by atoms with Crippen LogP contribution in [-0.4, -0.2) is 59.6 Å². The van der Waals surface area contributed by atoms with Crippen LogP contribution in [0.15, 0.2) is 30.3 Å². The molecule has 0 radical (unpaired) electrons. The molecule has 0 fully saturated rings. The lowest BCUT2D eigenvalue weighted by Gasteiger charge is -2.31. The van der Waals surface area contributed by atoms with E-state index in [1.807, 2.05) is 30.3 Å². The summed E-state index contributed by atoms with van der Waals surface area (Å²) in [4.78, 5) is 38.4. The fourth-order valence-electron chi connectivity index (χ4n) is 2.96. The van der Waals surface area contributed by atoms with Gasteiger partial charge < -0.3 is 14.2 Å². The summed E-state index contributed by atoms with van der Waals surface area (Å²) in [5, 5.41) is 0. The molecule has 0 heterocycles. The lowest BCUT2D eigenvalue weighted by Crippen LogP contribution is -2.40. The molecule has 39 heavy (non-hydrogen) atoms. The van der Waals surface area contributed by atoms with E-state index in [1.165, 1.54) is 0 Å². The number of carbonyl (C=O) groups is 3. The summed E-state index contributed by atoms with van der Waals surface area (Å²) in [5.41, 5.74) is -1.66. The Morgan fingerprint density at radius 3 is 1.87 bits per heavy atom. The minimum Gasteiger partial charge on any atom is -0.461 e. The summed E-state index contributed by atoms with van der Waals surface area (Å²) >= 11 is 0. The van der Waals surface area contributed by atoms with E-state index in [9.17, 15) is 18.9 Å². The molecule has 0 atom stereocenters. The van der Waals surface area contributed by atoms with E-state index in [2.05, 4.69) is 0 Å². The van der Waals surface area contributed by atoms with Gasteiger partial charge in [0.05, 0.1) is 11.2 Å². The Morgan fingerprint density at radius 1 is 0.795 bits per heavy atom. The topological polar surface area (TPSA) is 127 Å². The van der Waals surface area contributed by atoms with Gasteiger partial charge in [0.1, 0.15) is 18.8 Å². The van der Waals surface area contributed by atoms with Crippen molar-refractivity contribution in [2.75, 3.05) is 19.9 Å². The van der Waals surface area contributed by atoms with Gasteiger partial charge in [-0.3, -0.25) is 23.5 Å². The maximum atomic E-state index is 13.1. The van der Waals surface area contributed by atoms with E-state index in [4.69, 9.17) is 27.8 Å². The number of hydrogen-bond donors (Lipinski definition) is 0. The van der Waals surface area contributed by atoms with Gasteiger partial charge in [-0.15, -0.1) is 0 Å². The van der Waals surface area contributed by atoms with Crippen LogP contribution in [0.3, 0.4) is 0 Å². The number of benzene rings is 1. The monoisotopic (exact) mass is 573 g/mol. The molecule has 0 spiro atoms. The summed E-state index contributed by atoms with van der Waals surface area (Å²) in [6.45, 7) is 14.1. The minimum absolute atomic E-state index is 0.00679. The van der Waals surface area contributed by atoms with E-state index in [0.29, 0.717) is 0 Å². The molecular formula is C27H44NO10P. The largest absolute Gasteiger partial charge is 0.478 e. The number of carbonyl (C=O) groups excluding carboxylic acids is 3. The molecule has 1 rings (SSSR count). The van der Waals surface area contributed by atoms with E-state index < -0.39 is 56.0 Å². The lowest BCUT2D eigenvalue weighted by molar-refractivity contribution is -0.156. The second-order valence-corrected chi connectivity index (χ2v) is 13.3. The average molecular weight is 574 g/mol. The fraction of sp³-hybridized carbons (Fsp3) is 0.667. The van der Waals surface area contributed by atoms with Crippen LogP contribution < -0.4 is 0 Å². The summed E-state index contributed by atoms with van der Waals surface area (Å²) in [7, 11) is -4.12. The van der Waals surface area contributed by atoms with Gasteiger partial charge in [-0.05, 0) is 74.3 Å². The van der Waals surface area contributed by atoms with Crippen molar-refractivity contribution < 1.29 is 46.7 Å². The summed E-state index contributed by atoms with van der Waals surface area (Å²) in [6, 6.07) is 9.23. The fourth-order valence-corrected chi connectivity index (χ4v) is 4.63. The van der Waals surface area contributed by atoms with Crippen molar-refractivity contribution in [1.29, 1.82) is 0 Å². The quantitative estimate of drug-likeness (QED) is 0.120. The van der Waals surface area contributed by atoms with Gasteiger partial charge >= 0.3 is 25.9 Å². The zero-order valence-electron chi connectivity index (χ0n) is 24.6. The van der Waals surface area contributed by atoms with Gasteiger partial charge in [0, 0.05) is 13.0 Å². The van der Waals surface area contributed by atoms with Crippen molar-refractivity contribution in [3.8, 4) is 0 Å². The van der Waals surface area contributed by atoms with Crippen LogP contribution in [-0.2, 0) is 48.5 Å². The maximum absolute atomic E-state index is 13.1.